The standard InChI is InChI=1S/C29H25N3O4/c1-17-7-11-20(12-8-17)32-28(34)23-24(29(32)35)26(27(33)30-19-9-13-21(36-2)14-10-19)31-16-15-18-5-3-4-6-22(18)25(23)31/h3-16,23-26H,1-2H3,(H,30,33)/t23-,24+,25-,26-/m0/s1. The third kappa shape index (κ3) is 3.31. The van der Waals surface area contributed by atoms with Gasteiger partial charge in [-0.1, -0.05) is 42.0 Å². The van der Waals surface area contributed by atoms with E-state index in [1.165, 1.54) is 4.90 Å². The first-order valence-corrected chi connectivity index (χ1v) is 11.9. The molecule has 3 aliphatic rings. The predicted molar refractivity (Wildman–Crippen MR) is 136 cm³/mol. The molecule has 3 aliphatic heterocycles. The first-order chi connectivity index (χ1) is 17.5. The van der Waals surface area contributed by atoms with E-state index < -0.39 is 23.9 Å². The summed E-state index contributed by atoms with van der Waals surface area (Å²) in [5.41, 5.74) is 4.09. The monoisotopic (exact) mass is 479 g/mol. The Morgan fingerprint density at radius 1 is 0.889 bits per heavy atom. The fourth-order valence-electron chi connectivity index (χ4n) is 5.70. The van der Waals surface area contributed by atoms with Crippen LogP contribution in [0.5, 0.6) is 5.75 Å². The lowest BCUT2D eigenvalue weighted by atomic mass is 9.84. The van der Waals surface area contributed by atoms with Crippen LogP contribution in [0.1, 0.15) is 22.7 Å². The summed E-state index contributed by atoms with van der Waals surface area (Å²) in [6, 6.07) is 20.9. The molecule has 0 aliphatic carbocycles. The quantitative estimate of drug-likeness (QED) is 0.569. The average molecular weight is 480 g/mol. The van der Waals surface area contributed by atoms with Crippen molar-refractivity contribution in [1.29, 1.82) is 0 Å². The molecule has 2 saturated heterocycles. The number of amides is 3. The van der Waals surface area contributed by atoms with Gasteiger partial charge in [0.25, 0.3) is 0 Å². The van der Waals surface area contributed by atoms with Crippen molar-refractivity contribution in [1.82, 2.24) is 4.90 Å². The van der Waals surface area contributed by atoms with Gasteiger partial charge in [0.2, 0.25) is 17.7 Å². The number of imide groups is 1. The van der Waals surface area contributed by atoms with Gasteiger partial charge < -0.3 is 15.0 Å². The number of rotatable bonds is 4. The minimum Gasteiger partial charge on any atom is -0.497 e. The Balaban J connectivity index is 1.41. The molecule has 2 fully saturated rings. The molecule has 0 aromatic heterocycles. The number of hydrogen-bond acceptors (Lipinski definition) is 5. The summed E-state index contributed by atoms with van der Waals surface area (Å²) in [6.45, 7) is 1.95. The number of fused-ring (bicyclic) bond motifs is 5. The lowest BCUT2D eigenvalue weighted by molar-refractivity contribution is -0.128. The van der Waals surface area contributed by atoms with E-state index in [1.807, 2.05) is 60.5 Å². The van der Waals surface area contributed by atoms with Crippen molar-refractivity contribution < 1.29 is 19.1 Å². The Hall–Kier alpha value is -4.39. The first kappa shape index (κ1) is 22.1. The molecule has 7 nitrogen and oxygen atoms in total. The average Bonchev–Trinajstić information content (AvgIpc) is 3.37. The smallest absolute Gasteiger partial charge is 0.247 e. The molecule has 7 heteroatoms. The molecule has 3 heterocycles. The highest BCUT2D eigenvalue weighted by atomic mass is 16.5. The maximum Gasteiger partial charge on any atom is 0.247 e. The van der Waals surface area contributed by atoms with Gasteiger partial charge in [-0.05, 0) is 60.5 Å². The number of carbonyl (C=O) groups is 3. The molecule has 0 saturated carbocycles. The van der Waals surface area contributed by atoms with Gasteiger partial charge in [-0.3, -0.25) is 14.4 Å². The van der Waals surface area contributed by atoms with Gasteiger partial charge in [0.1, 0.15) is 11.8 Å². The fraction of sp³-hybridized carbons (Fsp3) is 0.207. The second-order valence-corrected chi connectivity index (χ2v) is 9.40. The molecule has 0 spiro atoms. The molecule has 36 heavy (non-hydrogen) atoms. The van der Waals surface area contributed by atoms with Gasteiger partial charge in [-0.2, -0.15) is 0 Å². The van der Waals surface area contributed by atoms with Gasteiger partial charge in [-0.25, -0.2) is 4.90 Å². The third-order valence-corrected chi connectivity index (χ3v) is 7.38. The van der Waals surface area contributed by atoms with Gasteiger partial charge in [0, 0.05) is 11.9 Å². The number of nitrogens with zero attached hydrogens (tertiary/aromatic N) is 2. The maximum atomic E-state index is 13.9. The molecule has 0 radical (unpaired) electrons. The summed E-state index contributed by atoms with van der Waals surface area (Å²) >= 11 is 0. The summed E-state index contributed by atoms with van der Waals surface area (Å²) in [7, 11) is 1.58. The van der Waals surface area contributed by atoms with Crippen molar-refractivity contribution in [3.05, 3.63) is 95.7 Å². The molecular weight excluding hydrogens is 454 g/mol. The van der Waals surface area contributed by atoms with Gasteiger partial charge >= 0.3 is 0 Å². The van der Waals surface area contributed by atoms with Crippen molar-refractivity contribution in [2.24, 2.45) is 11.8 Å². The lowest BCUT2D eigenvalue weighted by Gasteiger charge is -2.35. The number of anilines is 2. The first-order valence-electron chi connectivity index (χ1n) is 11.9. The molecule has 4 atom stereocenters. The number of aryl methyl sites for hydroxylation is 1. The summed E-state index contributed by atoms with van der Waals surface area (Å²) < 4.78 is 5.20. The summed E-state index contributed by atoms with van der Waals surface area (Å²) in [5, 5.41) is 2.95. The lowest BCUT2D eigenvalue weighted by Crippen LogP contribution is -2.46. The van der Waals surface area contributed by atoms with Crippen LogP contribution < -0.4 is 15.0 Å². The summed E-state index contributed by atoms with van der Waals surface area (Å²) in [4.78, 5) is 44.6. The topological polar surface area (TPSA) is 79.0 Å². The highest BCUT2D eigenvalue weighted by Gasteiger charge is 2.64. The Morgan fingerprint density at radius 3 is 2.31 bits per heavy atom. The zero-order valence-corrected chi connectivity index (χ0v) is 19.9. The Kier molecular flexibility index (Phi) is 5.14. The molecule has 3 aromatic carbocycles. The minimum atomic E-state index is -0.835. The van der Waals surface area contributed by atoms with Crippen molar-refractivity contribution in [2.75, 3.05) is 17.3 Å². The van der Waals surface area contributed by atoms with Crippen LogP contribution in [0, 0.1) is 18.8 Å². The molecule has 6 rings (SSSR count). The van der Waals surface area contributed by atoms with E-state index in [0.717, 1.165) is 16.7 Å². The largest absolute Gasteiger partial charge is 0.497 e. The van der Waals surface area contributed by atoms with Crippen LogP contribution in [0.25, 0.3) is 6.08 Å². The van der Waals surface area contributed by atoms with Crippen molar-refractivity contribution in [3.63, 3.8) is 0 Å². The molecule has 3 amide bonds. The van der Waals surface area contributed by atoms with Crippen LogP contribution in [0.4, 0.5) is 11.4 Å². The number of ether oxygens (including phenoxy) is 1. The van der Waals surface area contributed by atoms with Crippen LogP contribution in [0.3, 0.4) is 0 Å². The predicted octanol–water partition coefficient (Wildman–Crippen LogP) is 4.16. The SMILES string of the molecule is COc1ccc(NC(=O)[C@@H]2[C@@H]3C(=O)N(c4ccc(C)cc4)C(=O)[C@@H]3[C@@H]3c4ccccc4C=CN23)cc1. The Morgan fingerprint density at radius 2 is 1.58 bits per heavy atom. The maximum absolute atomic E-state index is 13.9. The van der Waals surface area contributed by atoms with E-state index in [0.29, 0.717) is 17.1 Å². The Labute approximate surface area is 209 Å². The second kappa shape index (κ2) is 8.37. The van der Waals surface area contributed by atoms with E-state index in [1.54, 1.807) is 43.5 Å². The van der Waals surface area contributed by atoms with Gasteiger partial charge in [0.05, 0.1) is 30.7 Å². The molecule has 1 N–H and O–H groups in total. The van der Waals surface area contributed by atoms with Gasteiger partial charge in [-0.15, -0.1) is 0 Å². The normalized spacial score (nSPS) is 23.8. The molecule has 3 aromatic rings. The number of hydrogen-bond donors (Lipinski definition) is 1. The molecular formula is C29H25N3O4. The van der Waals surface area contributed by atoms with Crippen LogP contribution in [-0.2, 0) is 14.4 Å². The number of carbonyl (C=O) groups excluding carboxylic acids is 3. The summed E-state index contributed by atoms with van der Waals surface area (Å²) in [6.07, 6.45) is 3.79. The van der Waals surface area contributed by atoms with Crippen molar-refractivity contribution in [2.45, 2.75) is 19.0 Å². The number of benzene rings is 3. The van der Waals surface area contributed by atoms with E-state index in [-0.39, 0.29) is 17.7 Å². The zero-order valence-electron chi connectivity index (χ0n) is 19.9. The van der Waals surface area contributed by atoms with Crippen molar-refractivity contribution >= 4 is 35.2 Å². The van der Waals surface area contributed by atoms with E-state index >= 15 is 0 Å². The molecule has 0 bridgehead atoms. The Bertz CT molecular complexity index is 1400. The number of nitrogens with one attached hydrogen (secondary N) is 1. The van der Waals surface area contributed by atoms with E-state index in [2.05, 4.69) is 5.32 Å². The van der Waals surface area contributed by atoms with Crippen LogP contribution >= 0.6 is 0 Å². The minimum absolute atomic E-state index is 0.270. The van der Waals surface area contributed by atoms with E-state index in [4.69, 9.17) is 4.74 Å². The highest BCUT2D eigenvalue weighted by molar-refractivity contribution is 6.24. The van der Waals surface area contributed by atoms with Crippen LogP contribution in [-0.4, -0.2) is 35.8 Å². The zero-order chi connectivity index (χ0) is 25.0. The highest BCUT2D eigenvalue weighted by Crippen LogP contribution is 2.53. The number of methoxy groups -OCH3 is 1. The summed E-state index contributed by atoms with van der Waals surface area (Å²) in [5.74, 6) is -1.74. The van der Waals surface area contributed by atoms with Crippen LogP contribution in [0.15, 0.2) is 79.0 Å². The van der Waals surface area contributed by atoms with Crippen molar-refractivity contribution in [3.8, 4) is 5.75 Å². The van der Waals surface area contributed by atoms with Gasteiger partial charge in [0.15, 0.2) is 0 Å². The third-order valence-electron chi connectivity index (χ3n) is 7.38. The molecule has 180 valence electrons. The molecule has 0 unspecified atom stereocenters. The fourth-order valence-corrected chi connectivity index (χ4v) is 5.70. The van der Waals surface area contributed by atoms with Crippen LogP contribution in [0.2, 0.25) is 0 Å². The second-order valence-electron chi connectivity index (χ2n) is 9.40. The van der Waals surface area contributed by atoms with E-state index in [9.17, 15) is 14.4 Å².